The van der Waals surface area contributed by atoms with E-state index in [4.69, 9.17) is 4.74 Å². The Balaban J connectivity index is 1.31. The molecule has 180 valence electrons. The van der Waals surface area contributed by atoms with Crippen LogP contribution in [-0.2, 0) is 11.8 Å². The van der Waals surface area contributed by atoms with Crippen molar-refractivity contribution in [3.63, 3.8) is 0 Å². The van der Waals surface area contributed by atoms with Crippen LogP contribution in [0.3, 0.4) is 0 Å². The topological polar surface area (TPSA) is 72.6 Å². The Morgan fingerprint density at radius 1 is 0.943 bits per heavy atom. The van der Waals surface area contributed by atoms with Gasteiger partial charge in [0, 0.05) is 51.0 Å². The zero-order valence-corrected chi connectivity index (χ0v) is 19.9. The summed E-state index contributed by atoms with van der Waals surface area (Å²) in [6, 6.07) is 16.8. The summed E-state index contributed by atoms with van der Waals surface area (Å²) >= 11 is 0. The number of amides is 2. The molecule has 2 aromatic heterocycles. The number of fused-ring (bicyclic) bond motifs is 2. The number of carbonyl (C=O) groups excluding carboxylic acids is 1. The van der Waals surface area contributed by atoms with Crippen LogP contribution in [0.25, 0.3) is 33.1 Å². The fourth-order valence-electron chi connectivity index (χ4n) is 5.49. The molecule has 4 heterocycles. The van der Waals surface area contributed by atoms with Gasteiger partial charge in [-0.3, -0.25) is 9.13 Å². The third-order valence-electron chi connectivity index (χ3n) is 7.40. The number of benzene rings is 2. The SMILES string of the molecule is Cn1c(=O)n(C2CCN(C(=O)N3CCOCC3)CC2)c2nccc(-c3ccc4ccccc4c3)c21. The van der Waals surface area contributed by atoms with Crippen molar-refractivity contribution < 1.29 is 9.53 Å². The molecule has 0 unspecified atom stereocenters. The number of rotatable bonds is 2. The predicted octanol–water partition coefficient (Wildman–Crippen LogP) is 3.64. The van der Waals surface area contributed by atoms with E-state index in [-0.39, 0.29) is 17.8 Å². The van der Waals surface area contributed by atoms with E-state index in [1.54, 1.807) is 10.8 Å². The Morgan fingerprint density at radius 2 is 1.66 bits per heavy atom. The molecule has 8 heteroatoms. The van der Waals surface area contributed by atoms with E-state index in [0.717, 1.165) is 34.9 Å². The predicted molar refractivity (Wildman–Crippen MR) is 136 cm³/mol. The molecule has 8 nitrogen and oxygen atoms in total. The number of pyridine rings is 1. The highest BCUT2D eigenvalue weighted by Gasteiger charge is 2.30. The van der Waals surface area contributed by atoms with Gasteiger partial charge >= 0.3 is 11.7 Å². The first-order valence-electron chi connectivity index (χ1n) is 12.3. The number of aryl methyl sites for hydroxylation is 1. The highest BCUT2D eigenvalue weighted by Crippen LogP contribution is 2.32. The van der Waals surface area contributed by atoms with Gasteiger partial charge in [-0.25, -0.2) is 14.6 Å². The zero-order valence-electron chi connectivity index (χ0n) is 19.9. The molecule has 0 atom stereocenters. The fraction of sp³-hybridized carbons (Fsp3) is 0.370. The molecule has 4 aromatic rings. The normalized spacial score (nSPS) is 17.4. The summed E-state index contributed by atoms with van der Waals surface area (Å²) in [5.74, 6) is 0. The van der Waals surface area contributed by atoms with Crippen molar-refractivity contribution in [2.24, 2.45) is 7.05 Å². The summed E-state index contributed by atoms with van der Waals surface area (Å²) < 4.78 is 8.94. The van der Waals surface area contributed by atoms with Gasteiger partial charge in [0.2, 0.25) is 0 Å². The van der Waals surface area contributed by atoms with Gasteiger partial charge < -0.3 is 14.5 Å². The molecular formula is C27H29N5O3. The number of imidazole rings is 1. The molecule has 2 aliphatic heterocycles. The van der Waals surface area contributed by atoms with Crippen LogP contribution in [0.2, 0.25) is 0 Å². The van der Waals surface area contributed by atoms with Crippen LogP contribution in [0.5, 0.6) is 0 Å². The second kappa shape index (κ2) is 8.85. The number of hydrogen-bond acceptors (Lipinski definition) is 4. The molecule has 2 aromatic carbocycles. The Kier molecular flexibility index (Phi) is 5.53. The molecule has 0 N–H and O–H groups in total. The number of morpholine rings is 1. The van der Waals surface area contributed by atoms with Gasteiger partial charge in [-0.05, 0) is 41.3 Å². The van der Waals surface area contributed by atoms with Gasteiger partial charge in [-0.1, -0.05) is 36.4 Å². The van der Waals surface area contributed by atoms with Crippen LogP contribution in [-0.4, -0.2) is 69.3 Å². The maximum absolute atomic E-state index is 13.4. The number of hydrogen-bond donors (Lipinski definition) is 0. The summed E-state index contributed by atoms with van der Waals surface area (Å²) in [5, 5.41) is 2.35. The van der Waals surface area contributed by atoms with Gasteiger partial charge in [-0.15, -0.1) is 0 Å². The largest absolute Gasteiger partial charge is 0.378 e. The monoisotopic (exact) mass is 471 g/mol. The van der Waals surface area contributed by atoms with E-state index in [0.29, 0.717) is 45.0 Å². The number of urea groups is 1. The van der Waals surface area contributed by atoms with Crippen molar-refractivity contribution in [2.45, 2.75) is 18.9 Å². The van der Waals surface area contributed by atoms with E-state index in [2.05, 4.69) is 35.3 Å². The lowest BCUT2D eigenvalue weighted by molar-refractivity contribution is 0.0403. The van der Waals surface area contributed by atoms with Crippen molar-refractivity contribution in [3.05, 3.63) is 65.2 Å². The van der Waals surface area contributed by atoms with Crippen molar-refractivity contribution >= 4 is 28.0 Å². The third-order valence-corrected chi connectivity index (χ3v) is 7.40. The molecule has 2 saturated heterocycles. The van der Waals surface area contributed by atoms with E-state index < -0.39 is 0 Å². The molecule has 2 amide bonds. The first-order valence-corrected chi connectivity index (χ1v) is 12.3. The molecule has 0 bridgehead atoms. The van der Waals surface area contributed by atoms with Gasteiger partial charge in [-0.2, -0.15) is 0 Å². The molecule has 2 fully saturated rings. The second-order valence-electron chi connectivity index (χ2n) is 9.40. The van der Waals surface area contributed by atoms with Crippen molar-refractivity contribution in [1.82, 2.24) is 23.9 Å². The van der Waals surface area contributed by atoms with Crippen LogP contribution in [0.15, 0.2) is 59.5 Å². The number of piperidine rings is 1. The summed E-state index contributed by atoms with van der Waals surface area (Å²) in [4.78, 5) is 34.7. The highest BCUT2D eigenvalue weighted by atomic mass is 16.5. The number of nitrogens with zero attached hydrogens (tertiary/aromatic N) is 5. The van der Waals surface area contributed by atoms with Crippen molar-refractivity contribution in [2.75, 3.05) is 39.4 Å². The van der Waals surface area contributed by atoms with E-state index in [9.17, 15) is 9.59 Å². The summed E-state index contributed by atoms with van der Waals surface area (Å²) in [6.07, 6.45) is 3.26. The van der Waals surface area contributed by atoms with Gasteiger partial charge in [0.1, 0.15) is 0 Å². The molecule has 0 spiro atoms. The standard InChI is InChI=1S/C27H29N5O3/c1-29-24-23(21-7-6-19-4-2-3-5-20(19)18-21)8-11-28-25(24)32(26(29)33)22-9-12-30(13-10-22)27(34)31-14-16-35-17-15-31/h2-8,11,18,22H,9-10,12-17H2,1H3. The average Bonchev–Trinajstić information content (AvgIpc) is 3.18. The molecule has 6 rings (SSSR count). The number of carbonyl (C=O) groups is 1. The summed E-state index contributed by atoms with van der Waals surface area (Å²) in [5.41, 5.74) is 3.56. The molecule has 0 radical (unpaired) electrons. The van der Waals surface area contributed by atoms with Gasteiger partial charge in [0.25, 0.3) is 0 Å². The lowest BCUT2D eigenvalue weighted by atomic mass is 10.0. The van der Waals surface area contributed by atoms with Crippen LogP contribution in [0, 0.1) is 0 Å². The lowest BCUT2D eigenvalue weighted by Crippen LogP contribution is -2.50. The number of likely N-dealkylation sites (tertiary alicyclic amines) is 1. The van der Waals surface area contributed by atoms with E-state index in [1.165, 1.54) is 5.39 Å². The maximum atomic E-state index is 13.4. The molecule has 35 heavy (non-hydrogen) atoms. The Labute approximate surface area is 203 Å². The van der Waals surface area contributed by atoms with Gasteiger partial charge in [0.05, 0.1) is 18.7 Å². The quantitative estimate of drug-likeness (QED) is 0.448. The van der Waals surface area contributed by atoms with Crippen molar-refractivity contribution in [1.29, 1.82) is 0 Å². The smallest absolute Gasteiger partial charge is 0.330 e. The summed E-state index contributed by atoms with van der Waals surface area (Å²) in [7, 11) is 1.82. The minimum Gasteiger partial charge on any atom is -0.378 e. The first-order chi connectivity index (χ1) is 17.1. The Morgan fingerprint density at radius 3 is 2.43 bits per heavy atom. The van der Waals surface area contributed by atoms with Crippen LogP contribution < -0.4 is 5.69 Å². The minimum absolute atomic E-state index is 0.0132. The average molecular weight is 472 g/mol. The third kappa shape index (κ3) is 3.78. The van der Waals surface area contributed by atoms with E-state index >= 15 is 0 Å². The highest BCUT2D eigenvalue weighted by molar-refractivity contribution is 5.94. The van der Waals surface area contributed by atoms with Crippen LogP contribution in [0.1, 0.15) is 18.9 Å². The molecule has 0 aliphatic carbocycles. The van der Waals surface area contributed by atoms with E-state index in [1.807, 2.05) is 39.6 Å². The Bertz CT molecular complexity index is 1460. The number of aromatic nitrogens is 3. The van der Waals surface area contributed by atoms with Crippen LogP contribution in [0.4, 0.5) is 4.79 Å². The Hall–Kier alpha value is -3.65. The van der Waals surface area contributed by atoms with Crippen molar-refractivity contribution in [3.8, 4) is 11.1 Å². The second-order valence-corrected chi connectivity index (χ2v) is 9.40. The van der Waals surface area contributed by atoms with Crippen LogP contribution >= 0.6 is 0 Å². The molecule has 2 aliphatic rings. The summed E-state index contributed by atoms with van der Waals surface area (Å²) in [6.45, 7) is 3.74. The fourth-order valence-corrected chi connectivity index (χ4v) is 5.49. The maximum Gasteiger partial charge on any atom is 0.330 e. The zero-order chi connectivity index (χ0) is 23.9. The minimum atomic E-state index is -0.0568. The first kappa shape index (κ1) is 21.9. The molecule has 0 saturated carbocycles. The lowest BCUT2D eigenvalue weighted by Gasteiger charge is -2.37. The number of ether oxygens (including phenoxy) is 1. The van der Waals surface area contributed by atoms with Gasteiger partial charge in [0.15, 0.2) is 5.65 Å². The molecular weight excluding hydrogens is 442 g/mol.